The molecule has 0 fully saturated rings. The molecule has 0 spiro atoms. The smallest absolute Gasteiger partial charge is 0.365 e. The molecule has 0 bridgehead atoms. The van der Waals surface area contributed by atoms with Crippen LogP contribution in [0.2, 0.25) is 0 Å². The highest BCUT2D eigenvalue weighted by atomic mass is 79.9. The normalized spacial score (nSPS) is 19.5. The maximum atomic E-state index is 13.2. The molecule has 1 heterocycles. The first-order valence-corrected chi connectivity index (χ1v) is 8.54. The molecule has 3 rings (SSSR count). The van der Waals surface area contributed by atoms with Crippen molar-refractivity contribution < 1.29 is 28.0 Å². The molecule has 0 aliphatic carbocycles. The average molecular weight is 458 g/mol. The number of benzene rings is 2. The van der Waals surface area contributed by atoms with Crippen LogP contribution in [-0.4, -0.2) is 32.8 Å². The summed E-state index contributed by atoms with van der Waals surface area (Å²) < 4.78 is 40.2. The average Bonchev–Trinajstić information content (AvgIpc) is 3.00. The number of non-ortho nitro benzene ring substituents is 1. The number of carbonyl (C=O) groups excluding carboxylic acids is 1. The van der Waals surface area contributed by atoms with E-state index >= 15 is 0 Å². The second-order valence-electron chi connectivity index (χ2n) is 5.97. The lowest BCUT2D eigenvalue weighted by Gasteiger charge is -2.31. The highest BCUT2D eigenvalue weighted by molar-refractivity contribution is 9.10. The van der Waals surface area contributed by atoms with Crippen LogP contribution in [0.15, 0.2) is 58.1 Å². The van der Waals surface area contributed by atoms with E-state index < -0.39 is 34.9 Å². The number of nitro groups is 1. The first-order valence-electron chi connectivity index (χ1n) is 7.74. The summed E-state index contributed by atoms with van der Waals surface area (Å²) in [5, 5.41) is 25.5. The van der Waals surface area contributed by atoms with Crippen molar-refractivity contribution in [3.05, 3.63) is 74.2 Å². The van der Waals surface area contributed by atoms with Gasteiger partial charge in [0.25, 0.3) is 11.6 Å². The molecular formula is C17H11BrF3N3O4. The largest absolute Gasteiger partial charge is 0.431 e. The lowest BCUT2D eigenvalue weighted by molar-refractivity contribution is -0.384. The third-order valence-corrected chi connectivity index (χ3v) is 4.61. The van der Waals surface area contributed by atoms with Crippen LogP contribution in [0.4, 0.5) is 18.9 Å². The molecule has 28 heavy (non-hydrogen) atoms. The highest BCUT2D eigenvalue weighted by Crippen LogP contribution is 2.40. The molecular weight excluding hydrogens is 447 g/mol. The SMILES string of the molecule is O=C(c1cccc(Br)c1)N1N=C(C(F)(F)F)CC1(O)c1ccc([N+](=O)[O-])cc1. The van der Waals surface area contributed by atoms with E-state index in [1.165, 1.54) is 18.2 Å². The van der Waals surface area contributed by atoms with Gasteiger partial charge < -0.3 is 5.11 Å². The van der Waals surface area contributed by atoms with Crippen LogP contribution >= 0.6 is 15.9 Å². The Morgan fingerprint density at radius 1 is 1.25 bits per heavy atom. The Kier molecular flexibility index (Phi) is 4.98. The molecule has 0 radical (unpaired) electrons. The predicted molar refractivity (Wildman–Crippen MR) is 95.4 cm³/mol. The number of halogens is 4. The van der Waals surface area contributed by atoms with Crippen molar-refractivity contribution in [2.45, 2.75) is 18.3 Å². The van der Waals surface area contributed by atoms with E-state index in [0.717, 1.165) is 24.3 Å². The molecule has 1 amide bonds. The van der Waals surface area contributed by atoms with Gasteiger partial charge in [-0.1, -0.05) is 22.0 Å². The summed E-state index contributed by atoms with van der Waals surface area (Å²) in [6, 6.07) is 10.1. The van der Waals surface area contributed by atoms with Gasteiger partial charge in [-0.15, -0.1) is 0 Å². The van der Waals surface area contributed by atoms with Crippen molar-refractivity contribution >= 4 is 33.2 Å². The van der Waals surface area contributed by atoms with Gasteiger partial charge in [-0.3, -0.25) is 14.9 Å². The van der Waals surface area contributed by atoms with Gasteiger partial charge in [0, 0.05) is 27.7 Å². The first-order chi connectivity index (χ1) is 13.0. The van der Waals surface area contributed by atoms with Crippen molar-refractivity contribution in [1.82, 2.24) is 5.01 Å². The number of rotatable bonds is 3. The number of hydrogen-bond donors (Lipinski definition) is 1. The minimum absolute atomic E-state index is 0.00175. The molecule has 1 aliphatic heterocycles. The van der Waals surface area contributed by atoms with Gasteiger partial charge in [0.15, 0.2) is 5.72 Å². The molecule has 1 N–H and O–H groups in total. The zero-order chi connectivity index (χ0) is 20.7. The number of hydrazone groups is 1. The summed E-state index contributed by atoms with van der Waals surface area (Å²) in [6.07, 6.45) is -5.87. The Labute approximate surface area is 164 Å². The van der Waals surface area contributed by atoms with Crippen LogP contribution in [0, 0.1) is 10.1 Å². The van der Waals surface area contributed by atoms with Crippen LogP contribution in [0.5, 0.6) is 0 Å². The molecule has 11 heteroatoms. The molecule has 0 saturated carbocycles. The van der Waals surface area contributed by atoms with Gasteiger partial charge in [-0.2, -0.15) is 23.3 Å². The first kappa shape index (κ1) is 20.0. The van der Waals surface area contributed by atoms with E-state index in [1.807, 2.05) is 0 Å². The number of hydrogen-bond acceptors (Lipinski definition) is 5. The highest BCUT2D eigenvalue weighted by Gasteiger charge is 2.53. The monoisotopic (exact) mass is 457 g/mol. The molecule has 0 saturated heterocycles. The van der Waals surface area contributed by atoms with Gasteiger partial charge in [0.05, 0.1) is 11.3 Å². The van der Waals surface area contributed by atoms with Crippen LogP contribution in [0.1, 0.15) is 22.3 Å². The van der Waals surface area contributed by atoms with E-state index in [4.69, 9.17) is 0 Å². The van der Waals surface area contributed by atoms with Gasteiger partial charge in [0.1, 0.15) is 5.71 Å². The Bertz CT molecular complexity index is 978. The molecule has 1 aliphatic rings. The summed E-state index contributed by atoms with van der Waals surface area (Å²) in [4.78, 5) is 22.9. The molecule has 146 valence electrons. The second-order valence-corrected chi connectivity index (χ2v) is 6.88. The molecule has 1 atom stereocenters. The minimum atomic E-state index is -4.86. The Hall–Kier alpha value is -2.79. The van der Waals surface area contributed by atoms with Crippen molar-refractivity contribution in [3.63, 3.8) is 0 Å². The third-order valence-electron chi connectivity index (χ3n) is 4.12. The number of aliphatic hydroxyl groups is 1. The fraction of sp³-hybridized carbons (Fsp3) is 0.176. The van der Waals surface area contributed by atoms with E-state index in [9.17, 15) is 33.2 Å². The van der Waals surface area contributed by atoms with Crippen LogP contribution in [-0.2, 0) is 5.72 Å². The molecule has 1 unspecified atom stereocenters. The zero-order valence-electron chi connectivity index (χ0n) is 13.9. The molecule has 2 aromatic carbocycles. The number of alkyl halides is 3. The van der Waals surface area contributed by atoms with E-state index in [0.29, 0.717) is 9.48 Å². The summed E-state index contributed by atoms with van der Waals surface area (Å²) >= 11 is 3.16. The number of amides is 1. The maximum Gasteiger partial charge on any atom is 0.431 e. The van der Waals surface area contributed by atoms with Crippen molar-refractivity contribution in [3.8, 4) is 0 Å². The maximum absolute atomic E-state index is 13.2. The molecule has 7 nitrogen and oxygen atoms in total. The number of nitrogens with zero attached hydrogens (tertiary/aromatic N) is 3. The van der Waals surface area contributed by atoms with Gasteiger partial charge in [-0.25, -0.2) is 0 Å². The van der Waals surface area contributed by atoms with Crippen LogP contribution in [0.3, 0.4) is 0 Å². The van der Waals surface area contributed by atoms with E-state index in [-0.39, 0.29) is 16.8 Å². The number of carbonyl (C=O) groups is 1. The minimum Gasteiger partial charge on any atom is -0.365 e. The van der Waals surface area contributed by atoms with Crippen molar-refractivity contribution in [1.29, 1.82) is 0 Å². The Morgan fingerprint density at radius 3 is 2.43 bits per heavy atom. The van der Waals surface area contributed by atoms with Gasteiger partial charge in [-0.05, 0) is 30.3 Å². The summed E-state index contributed by atoms with van der Waals surface area (Å²) in [5.41, 5.74) is -4.23. The van der Waals surface area contributed by atoms with E-state index in [2.05, 4.69) is 21.0 Å². The lowest BCUT2D eigenvalue weighted by atomic mass is 9.96. The Balaban J connectivity index is 2.07. The Morgan fingerprint density at radius 2 is 1.89 bits per heavy atom. The van der Waals surface area contributed by atoms with Gasteiger partial charge >= 0.3 is 6.18 Å². The predicted octanol–water partition coefficient (Wildman–Crippen LogP) is 3.97. The van der Waals surface area contributed by atoms with Crippen molar-refractivity contribution in [2.24, 2.45) is 5.10 Å². The molecule has 0 aromatic heterocycles. The summed E-state index contributed by atoms with van der Waals surface area (Å²) in [5.74, 6) is -0.957. The summed E-state index contributed by atoms with van der Waals surface area (Å²) in [7, 11) is 0. The van der Waals surface area contributed by atoms with Gasteiger partial charge in [0.2, 0.25) is 0 Å². The molecule has 2 aromatic rings. The van der Waals surface area contributed by atoms with Crippen LogP contribution < -0.4 is 0 Å². The standard InChI is InChI=1S/C17H11BrF3N3O4/c18-12-3-1-2-10(8-12)15(25)23-16(26,9-14(22-23)17(19,20)21)11-4-6-13(7-5-11)24(27)28/h1-8,26H,9H2. The van der Waals surface area contributed by atoms with E-state index in [1.54, 1.807) is 6.07 Å². The van der Waals surface area contributed by atoms with Crippen molar-refractivity contribution in [2.75, 3.05) is 0 Å². The van der Waals surface area contributed by atoms with Crippen LogP contribution in [0.25, 0.3) is 0 Å². The number of nitro benzene ring substituents is 1. The zero-order valence-corrected chi connectivity index (χ0v) is 15.4. The lowest BCUT2D eigenvalue weighted by Crippen LogP contribution is -2.43. The fourth-order valence-electron chi connectivity index (χ4n) is 2.74. The second kappa shape index (κ2) is 6.99. The fourth-order valence-corrected chi connectivity index (χ4v) is 3.13. The quantitative estimate of drug-likeness (QED) is 0.557. The topological polar surface area (TPSA) is 96.0 Å². The third kappa shape index (κ3) is 3.62. The summed E-state index contributed by atoms with van der Waals surface area (Å²) in [6.45, 7) is 0.